The molecule has 0 radical (unpaired) electrons. The summed E-state index contributed by atoms with van der Waals surface area (Å²) in [5.41, 5.74) is 2.94. The molecule has 0 saturated carbocycles. The van der Waals surface area contributed by atoms with Gasteiger partial charge >= 0.3 is 5.97 Å². The van der Waals surface area contributed by atoms with Crippen LogP contribution in [0, 0.1) is 6.92 Å². The molecule has 0 aliphatic heterocycles. The Hall–Kier alpha value is -2.36. The first-order chi connectivity index (χ1) is 8.61. The average Bonchev–Trinajstić information content (AvgIpc) is 2.75. The summed E-state index contributed by atoms with van der Waals surface area (Å²) in [6.45, 7) is 6.14. The van der Waals surface area contributed by atoms with E-state index < -0.39 is 5.97 Å². The molecule has 2 aromatic rings. The van der Waals surface area contributed by atoms with Crippen LogP contribution in [0.2, 0.25) is 0 Å². The number of hydrogen-bond acceptors (Lipinski definition) is 2. The standard InChI is InChI=1S/C14H14N2O2/c1-3-8-16-13(9-12(15-16)14(17)18)11-6-4-10(2)5-7-11/h3-7,9H,1,8H2,2H3,(H,17,18). The Morgan fingerprint density at radius 1 is 1.44 bits per heavy atom. The molecule has 1 aromatic carbocycles. The van der Waals surface area contributed by atoms with Gasteiger partial charge in [-0.25, -0.2) is 4.79 Å². The van der Waals surface area contributed by atoms with Gasteiger partial charge in [0.15, 0.2) is 5.69 Å². The third-order valence-corrected chi connectivity index (χ3v) is 2.65. The number of carboxylic acids is 1. The molecule has 0 bridgehead atoms. The Kier molecular flexibility index (Phi) is 3.28. The van der Waals surface area contributed by atoms with E-state index in [1.165, 1.54) is 0 Å². The average molecular weight is 242 g/mol. The van der Waals surface area contributed by atoms with Crippen LogP contribution in [-0.2, 0) is 6.54 Å². The van der Waals surface area contributed by atoms with Gasteiger partial charge in [-0.15, -0.1) is 6.58 Å². The third-order valence-electron chi connectivity index (χ3n) is 2.65. The van der Waals surface area contributed by atoms with Crippen molar-refractivity contribution >= 4 is 5.97 Å². The van der Waals surface area contributed by atoms with Gasteiger partial charge in [-0.3, -0.25) is 4.68 Å². The second-order valence-electron chi connectivity index (χ2n) is 4.06. The molecule has 0 aliphatic rings. The Labute approximate surface area is 105 Å². The summed E-state index contributed by atoms with van der Waals surface area (Å²) in [6, 6.07) is 9.47. The molecule has 0 atom stereocenters. The van der Waals surface area contributed by atoms with Gasteiger partial charge in [0, 0.05) is 0 Å². The molecule has 1 aromatic heterocycles. The van der Waals surface area contributed by atoms with Crippen LogP contribution < -0.4 is 0 Å². The Morgan fingerprint density at radius 2 is 2.11 bits per heavy atom. The van der Waals surface area contributed by atoms with Crippen molar-refractivity contribution in [3.05, 3.63) is 54.2 Å². The third kappa shape index (κ3) is 2.32. The topological polar surface area (TPSA) is 55.1 Å². The number of allylic oxidation sites excluding steroid dienone is 1. The number of benzene rings is 1. The molecule has 92 valence electrons. The van der Waals surface area contributed by atoms with E-state index in [1.54, 1.807) is 16.8 Å². The highest BCUT2D eigenvalue weighted by molar-refractivity contribution is 5.87. The van der Waals surface area contributed by atoms with E-state index in [9.17, 15) is 4.79 Å². The summed E-state index contributed by atoms with van der Waals surface area (Å²) < 4.78 is 1.64. The van der Waals surface area contributed by atoms with Gasteiger partial charge in [-0.1, -0.05) is 35.9 Å². The zero-order chi connectivity index (χ0) is 13.1. The number of carboxylic acid groups (broad SMARTS) is 1. The molecular formula is C14H14N2O2. The van der Waals surface area contributed by atoms with Crippen molar-refractivity contribution in [2.75, 3.05) is 0 Å². The summed E-state index contributed by atoms with van der Waals surface area (Å²) in [7, 11) is 0. The minimum absolute atomic E-state index is 0.0485. The molecule has 0 unspecified atom stereocenters. The fourth-order valence-electron chi connectivity index (χ4n) is 1.74. The number of carbonyl (C=O) groups is 1. The minimum atomic E-state index is -1.02. The maximum absolute atomic E-state index is 11.0. The van der Waals surface area contributed by atoms with Gasteiger partial charge < -0.3 is 5.11 Å². The maximum Gasteiger partial charge on any atom is 0.356 e. The maximum atomic E-state index is 11.0. The summed E-state index contributed by atoms with van der Waals surface area (Å²) in [5, 5.41) is 13.0. The van der Waals surface area contributed by atoms with Crippen molar-refractivity contribution in [2.24, 2.45) is 0 Å². The molecule has 2 rings (SSSR count). The first-order valence-electron chi connectivity index (χ1n) is 5.61. The van der Waals surface area contributed by atoms with Gasteiger partial charge in [-0.2, -0.15) is 5.10 Å². The van der Waals surface area contributed by atoms with Crippen molar-refractivity contribution in [1.29, 1.82) is 0 Å². The lowest BCUT2D eigenvalue weighted by Gasteiger charge is -2.04. The van der Waals surface area contributed by atoms with Crippen LogP contribution in [0.25, 0.3) is 11.3 Å². The predicted molar refractivity (Wildman–Crippen MR) is 69.6 cm³/mol. The van der Waals surface area contributed by atoms with Crippen LogP contribution in [0.3, 0.4) is 0 Å². The molecule has 1 N–H and O–H groups in total. The smallest absolute Gasteiger partial charge is 0.356 e. The first kappa shape index (κ1) is 12.1. The van der Waals surface area contributed by atoms with Gasteiger partial charge in [0.05, 0.1) is 12.2 Å². The van der Waals surface area contributed by atoms with E-state index in [1.807, 2.05) is 31.2 Å². The summed E-state index contributed by atoms with van der Waals surface area (Å²) >= 11 is 0. The van der Waals surface area contributed by atoms with E-state index in [4.69, 9.17) is 5.11 Å². The van der Waals surface area contributed by atoms with E-state index in [-0.39, 0.29) is 5.69 Å². The van der Waals surface area contributed by atoms with Crippen LogP contribution in [-0.4, -0.2) is 20.9 Å². The van der Waals surface area contributed by atoms with Crippen LogP contribution in [0.4, 0.5) is 0 Å². The lowest BCUT2D eigenvalue weighted by molar-refractivity contribution is 0.0689. The van der Waals surface area contributed by atoms with Crippen molar-refractivity contribution in [1.82, 2.24) is 9.78 Å². The second kappa shape index (κ2) is 4.87. The highest BCUT2D eigenvalue weighted by Crippen LogP contribution is 2.21. The largest absolute Gasteiger partial charge is 0.476 e. The Balaban J connectivity index is 2.50. The lowest BCUT2D eigenvalue weighted by atomic mass is 10.1. The van der Waals surface area contributed by atoms with E-state index in [0.29, 0.717) is 6.54 Å². The number of aryl methyl sites for hydroxylation is 1. The van der Waals surface area contributed by atoms with E-state index >= 15 is 0 Å². The van der Waals surface area contributed by atoms with Gasteiger partial charge in [-0.05, 0) is 18.6 Å². The molecule has 0 amide bonds. The van der Waals surface area contributed by atoms with E-state index in [0.717, 1.165) is 16.8 Å². The Morgan fingerprint density at radius 3 is 2.67 bits per heavy atom. The number of rotatable bonds is 4. The molecule has 0 spiro atoms. The van der Waals surface area contributed by atoms with Crippen LogP contribution >= 0.6 is 0 Å². The van der Waals surface area contributed by atoms with Gasteiger partial charge in [0.1, 0.15) is 0 Å². The SMILES string of the molecule is C=CCn1nc(C(=O)O)cc1-c1ccc(C)cc1. The number of nitrogens with zero attached hydrogens (tertiary/aromatic N) is 2. The monoisotopic (exact) mass is 242 g/mol. The molecule has 1 heterocycles. The molecule has 0 saturated heterocycles. The fourth-order valence-corrected chi connectivity index (χ4v) is 1.74. The highest BCUT2D eigenvalue weighted by Gasteiger charge is 2.13. The molecular weight excluding hydrogens is 228 g/mol. The molecule has 0 aliphatic carbocycles. The van der Waals surface area contributed by atoms with Crippen LogP contribution in [0.15, 0.2) is 43.0 Å². The zero-order valence-electron chi connectivity index (χ0n) is 10.1. The summed E-state index contributed by atoms with van der Waals surface area (Å²) in [6.07, 6.45) is 1.69. The predicted octanol–water partition coefficient (Wildman–Crippen LogP) is 2.74. The molecule has 18 heavy (non-hydrogen) atoms. The zero-order valence-corrected chi connectivity index (χ0v) is 10.1. The van der Waals surface area contributed by atoms with Crippen molar-refractivity contribution in [3.63, 3.8) is 0 Å². The normalized spacial score (nSPS) is 10.3. The highest BCUT2D eigenvalue weighted by atomic mass is 16.4. The molecule has 4 heteroatoms. The minimum Gasteiger partial charge on any atom is -0.476 e. The number of aromatic nitrogens is 2. The van der Waals surface area contributed by atoms with Gasteiger partial charge in [0.2, 0.25) is 0 Å². The molecule has 4 nitrogen and oxygen atoms in total. The molecule has 0 fully saturated rings. The number of aromatic carboxylic acids is 1. The fraction of sp³-hybridized carbons (Fsp3) is 0.143. The summed E-state index contributed by atoms with van der Waals surface area (Å²) in [4.78, 5) is 11.0. The van der Waals surface area contributed by atoms with Crippen LogP contribution in [0.5, 0.6) is 0 Å². The van der Waals surface area contributed by atoms with Gasteiger partial charge in [0.25, 0.3) is 0 Å². The van der Waals surface area contributed by atoms with Crippen LogP contribution in [0.1, 0.15) is 16.1 Å². The Bertz CT molecular complexity index is 582. The lowest BCUT2D eigenvalue weighted by Crippen LogP contribution is -2.03. The second-order valence-corrected chi connectivity index (χ2v) is 4.06. The quantitative estimate of drug-likeness (QED) is 0.839. The van der Waals surface area contributed by atoms with Crippen molar-refractivity contribution in [2.45, 2.75) is 13.5 Å². The number of hydrogen-bond donors (Lipinski definition) is 1. The first-order valence-corrected chi connectivity index (χ1v) is 5.61. The van der Waals surface area contributed by atoms with E-state index in [2.05, 4.69) is 11.7 Å². The van der Waals surface area contributed by atoms with Crippen molar-refractivity contribution < 1.29 is 9.90 Å². The van der Waals surface area contributed by atoms with Crippen molar-refractivity contribution in [3.8, 4) is 11.3 Å². The summed E-state index contributed by atoms with van der Waals surface area (Å²) in [5.74, 6) is -1.02.